The number of fused-ring (bicyclic) bond motifs is 1. The standard InChI is InChI=1S/C20H20ClNO7/c1-11(22-10-15(23)13-3-5-14(21)6-4-13)8-12-2-7-16-17(9-12)29-20(28-16,18(24)25)19(26)27/h2-7,9,11,15,22-23H,8,10H2,1H3,(H,24,25)(H,26,27). The Morgan fingerprint density at radius 2 is 1.69 bits per heavy atom. The van der Waals surface area contributed by atoms with Gasteiger partial charge in [-0.15, -0.1) is 0 Å². The van der Waals surface area contributed by atoms with Crippen LogP contribution in [0.15, 0.2) is 42.5 Å². The fourth-order valence-corrected chi connectivity index (χ4v) is 3.11. The highest BCUT2D eigenvalue weighted by Gasteiger charge is 2.57. The third kappa shape index (κ3) is 4.45. The molecule has 9 heteroatoms. The summed E-state index contributed by atoms with van der Waals surface area (Å²) in [6.07, 6.45) is -0.157. The van der Waals surface area contributed by atoms with Gasteiger partial charge in [-0.3, -0.25) is 0 Å². The molecule has 1 aliphatic rings. The molecule has 1 aliphatic heterocycles. The number of rotatable bonds is 8. The van der Waals surface area contributed by atoms with Crippen LogP contribution in [0.2, 0.25) is 5.02 Å². The zero-order valence-electron chi connectivity index (χ0n) is 15.5. The van der Waals surface area contributed by atoms with E-state index in [9.17, 15) is 24.9 Å². The number of carbonyl (C=O) groups is 2. The Morgan fingerprint density at radius 1 is 1.07 bits per heavy atom. The average molecular weight is 422 g/mol. The van der Waals surface area contributed by atoms with E-state index in [0.29, 0.717) is 18.0 Å². The molecule has 29 heavy (non-hydrogen) atoms. The van der Waals surface area contributed by atoms with Crippen molar-refractivity contribution >= 4 is 23.5 Å². The van der Waals surface area contributed by atoms with Gasteiger partial charge in [-0.1, -0.05) is 29.8 Å². The quantitative estimate of drug-likeness (QED) is 0.478. The number of hydrogen-bond acceptors (Lipinski definition) is 6. The van der Waals surface area contributed by atoms with Crippen molar-refractivity contribution < 1.29 is 34.4 Å². The Hall–Kier alpha value is -2.81. The van der Waals surface area contributed by atoms with E-state index >= 15 is 0 Å². The Morgan fingerprint density at radius 3 is 2.31 bits per heavy atom. The van der Waals surface area contributed by atoms with Gasteiger partial charge in [0, 0.05) is 17.6 Å². The molecule has 8 nitrogen and oxygen atoms in total. The molecule has 0 aliphatic carbocycles. The van der Waals surface area contributed by atoms with Crippen LogP contribution in [0.25, 0.3) is 0 Å². The van der Waals surface area contributed by atoms with Crippen molar-refractivity contribution in [1.29, 1.82) is 0 Å². The molecule has 4 N–H and O–H groups in total. The predicted molar refractivity (Wildman–Crippen MR) is 103 cm³/mol. The fourth-order valence-electron chi connectivity index (χ4n) is 2.98. The minimum Gasteiger partial charge on any atom is -0.475 e. The lowest BCUT2D eigenvalue weighted by atomic mass is 10.1. The van der Waals surface area contributed by atoms with E-state index in [2.05, 4.69) is 5.32 Å². The lowest BCUT2D eigenvalue weighted by molar-refractivity contribution is -0.194. The van der Waals surface area contributed by atoms with Gasteiger partial charge in [0.2, 0.25) is 0 Å². The molecule has 0 radical (unpaired) electrons. The zero-order valence-corrected chi connectivity index (χ0v) is 16.2. The summed E-state index contributed by atoms with van der Waals surface area (Å²) >= 11 is 5.85. The maximum atomic E-state index is 11.3. The summed E-state index contributed by atoms with van der Waals surface area (Å²) in [7, 11) is 0. The molecule has 0 amide bonds. The van der Waals surface area contributed by atoms with Crippen LogP contribution >= 0.6 is 11.6 Å². The molecular formula is C20H20ClNO7. The Labute approximate surface area is 171 Å². The van der Waals surface area contributed by atoms with Crippen LogP contribution in [-0.4, -0.2) is 45.6 Å². The highest BCUT2D eigenvalue weighted by molar-refractivity contribution is 6.30. The van der Waals surface area contributed by atoms with Crippen LogP contribution in [-0.2, 0) is 16.0 Å². The number of aliphatic hydroxyl groups is 1. The Kier molecular flexibility index (Phi) is 5.97. The van der Waals surface area contributed by atoms with Crippen LogP contribution in [0, 0.1) is 0 Å². The monoisotopic (exact) mass is 421 g/mol. The molecule has 3 rings (SSSR count). The van der Waals surface area contributed by atoms with Crippen LogP contribution in [0.4, 0.5) is 0 Å². The first-order chi connectivity index (χ1) is 13.7. The van der Waals surface area contributed by atoms with E-state index in [4.69, 9.17) is 21.1 Å². The van der Waals surface area contributed by atoms with E-state index in [1.165, 1.54) is 6.07 Å². The number of carboxylic acid groups (broad SMARTS) is 2. The number of nitrogens with one attached hydrogen (secondary N) is 1. The maximum Gasteiger partial charge on any atom is 0.453 e. The van der Waals surface area contributed by atoms with Crippen molar-refractivity contribution in [2.75, 3.05) is 6.54 Å². The number of ether oxygens (including phenoxy) is 2. The Balaban J connectivity index is 1.60. The number of halogens is 1. The van der Waals surface area contributed by atoms with Gasteiger partial charge < -0.3 is 30.1 Å². The van der Waals surface area contributed by atoms with E-state index < -0.39 is 23.8 Å². The topological polar surface area (TPSA) is 125 Å². The Bertz CT molecular complexity index is 902. The molecule has 2 atom stereocenters. The summed E-state index contributed by atoms with van der Waals surface area (Å²) in [6.45, 7) is 2.26. The molecule has 0 aromatic heterocycles. The third-order valence-corrected chi connectivity index (χ3v) is 4.79. The number of aliphatic carboxylic acids is 2. The highest BCUT2D eigenvalue weighted by Crippen LogP contribution is 2.40. The summed E-state index contributed by atoms with van der Waals surface area (Å²) in [4.78, 5) is 22.6. The molecule has 0 bridgehead atoms. The van der Waals surface area contributed by atoms with Crippen molar-refractivity contribution in [3.05, 3.63) is 58.6 Å². The van der Waals surface area contributed by atoms with Gasteiger partial charge in [-0.2, -0.15) is 0 Å². The molecule has 0 spiro atoms. The van der Waals surface area contributed by atoms with Crippen molar-refractivity contribution in [2.45, 2.75) is 31.3 Å². The van der Waals surface area contributed by atoms with Crippen LogP contribution in [0.3, 0.4) is 0 Å². The van der Waals surface area contributed by atoms with E-state index in [0.717, 1.165) is 11.1 Å². The van der Waals surface area contributed by atoms with Crippen LogP contribution < -0.4 is 14.8 Å². The van der Waals surface area contributed by atoms with E-state index in [1.54, 1.807) is 36.4 Å². The van der Waals surface area contributed by atoms with Gasteiger partial charge in [-0.25, -0.2) is 9.59 Å². The van der Waals surface area contributed by atoms with Gasteiger partial charge in [0.1, 0.15) is 0 Å². The smallest absolute Gasteiger partial charge is 0.453 e. The van der Waals surface area contributed by atoms with Crippen molar-refractivity contribution in [3.63, 3.8) is 0 Å². The molecular weight excluding hydrogens is 402 g/mol. The van der Waals surface area contributed by atoms with E-state index in [-0.39, 0.29) is 17.5 Å². The lowest BCUT2D eigenvalue weighted by Gasteiger charge is -2.18. The summed E-state index contributed by atoms with van der Waals surface area (Å²) in [5, 5.41) is 32.4. The average Bonchev–Trinajstić information content (AvgIpc) is 3.07. The molecule has 1 heterocycles. The summed E-state index contributed by atoms with van der Waals surface area (Å²) < 4.78 is 10.1. The number of carboxylic acids is 2. The molecule has 0 saturated carbocycles. The molecule has 2 unspecified atom stereocenters. The van der Waals surface area contributed by atoms with Gasteiger partial charge >= 0.3 is 17.7 Å². The highest BCUT2D eigenvalue weighted by atomic mass is 35.5. The SMILES string of the molecule is CC(Cc1ccc2c(c1)OC(C(=O)O)(C(=O)O)O2)NCC(O)c1ccc(Cl)cc1. The summed E-state index contributed by atoms with van der Waals surface area (Å²) in [5.74, 6) is -6.14. The van der Waals surface area contributed by atoms with Gasteiger partial charge in [0.25, 0.3) is 0 Å². The normalized spacial score (nSPS) is 16.2. The molecule has 154 valence electrons. The summed E-state index contributed by atoms with van der Waals surface area (Å²) in [6, 6.07) is 11.7. The minimum atomic E-state index is -2.77. The van der Waals surface area contributed by atoms with Gasteiger partial charge in [0.15, 0.2) is 11.5 Å². The minimum absolute atomic E-state index is 0.0268. The number of aliphatic hydroxyl groups excluding tert-OH is 1. The predicted octanol–water partition coefficient (Wildman–Crippen LogP) is 2.23. The first kappa shape index (κ1) is 20.9. The third-order valence-electron chi connectivity index (χ3n) is 4.53. The second kappa shape index (κ2) is 8.28. The zero-order chi connectivity index (χ0) is 21.2. The maximum absolute atomic E-state index is 11.3. The first-order valence-corrected chi connectivity index (χ1v) is 9.23. The lowest BCUT2D eigenvalue weighted by Crippen LogP contribution is -2.54. The number of benzene rings is 2. The second-order valence-electron chi connectivity index (χ2n) is 6.79. The number of hydrogen-bond donors (Lipinski definition) is 4. The first-order valence-electron chi connectivity index (χ1n) is 8.86. The second-order valence-corrected chi connectivity index (χ2v) is 7.23. The van der Waals surface area contributed by atoms with Crippen molar-refractivity contribution in [2.24, 2.45) is 0 Å². The van der Waals surface area contributed by atoms with E-state index in [1.807, 2.05) is 6.92 Å². The van der Waals surface area contributed by atoms with Crippen molar-refractivity contribution in [1.82, 2.24) is 5.32 Å². The largest absolute Gasteiger partial charge is 0.475 e. The van der Waals surface area contributed by atoms with Gasteiger partial charge in [0.05, 0.1) is 6.10 Å². The molecule has 2 aromatic rings. The van der Waals surface area contributed by atoms with Gasteiger partial charge in [-0.05, 0) is 48.7 Å². The summed E-state index contributed by atoms with van der Waals surface area (Å²) in [5.41, 5.74) is 1.54. The molecule has 0 fully saturated rings. The van der Waals surface area contributed by atoms with Crippen LogP contribution in [0.5, 0.6) is 11.5 Å². The fraction of sp³-hybridized carbons (Fsp3) is 0.300. The molecule has 0 saturated heterocycles. The van der Waals surface area contributed by atoms with Crippen LogP contribution in [0.1, 0.15) is 24.2 Å². The van der Waals surface area contributed by atoms with Crippen molar-refractivity contribution in [3.8, 4) is 11.5 Å². The molecule has 2 aromatic carbocycles.